The lowest BCUT2D eigenvalue weighted by molar-refractivity contribution is 0.0247. The Labute approximate surface area is 143 Å². The standard InChI is InChI=1S/C18H19FN4O2/c1-12-8-13(22-6-7-25-14(10-19)11-22)9-15-17(12)21-18(20-15)23-5-3-2-4-16(23)24/h2-5,8-9,14H,6-7,10-11H2,1H3,(H,20,21)/t14-/m1/s1. The molecule has 0 bridgehead atoms. The summed E-state index contributed by atoms with van der Waals surface area (Å²) in [5.74, 6) is 0.490. The molecule has 0 amide bonds. The normalized spacial score (nSPS) is 18.0. The first kappa shape index (κ1) is 15.8. The smallest absolute Gasteiger partial charge is 0.257 e. The first-order chi connectivity index (χ1) is 12.2. The SMILES string of the molecule is Cc1cc(N2CCO[C@H](CF)C2)cc2[nH]c(-n3ccccc3=O)nc12. The summed E-state index contributed by atoms with van der Waals surface area (Å²) in [7, 11) is 0. The Balaban J connectivity index is 1.75. The maximum absolute atomic E-state index is 12.9. The number of ether oxygens (including phenoxy) is 1. The van der Waals surface area contributed by atoms with Crippen LogP contribution in [0.2, 0.25) is 0 Å². The van der Waals surface area contributed by atoms with Gasteiger partial charge in [-0.05, 0) is 30.7 Å². The van der Waals surface area contributed by atoms with Crippen LogP contribution in [0.15, 0.2) is 41.3 Å². The van der Waals surface area contributed by atoms with Gasteiger partial charge in [-0.15, -0.1) is 0 Å². The monoisotopic (exact) mass is 342 g/mol. The largest absolute Gasteiger partial charge is 0.372 e. The zero-order valence-electron chi connectivity index (χ0n) is 13.9. The van der Waals surface area contributed by atoms with Gasteiger partial charge in [0.25, 0.3) is 5.56 Å². The number of nitrogens with one attached hydrogen (secondary N) is 1. The molecule has 0 unspecified atom stereocenters. The van der Waals surface area contributed by atoms with Crippen LogP contribution in [0.4, 0.5) is 10.1 Å². The number of benzene rings is 1. The number of hydrogen-bond acceptors (Lipinski definition) is 4. The summed E-state index contributed by atoms with van der Waals surface area (Å²) in [5, 5.41) is 0. The zero-order chi connectivity index (χ0) is 17.4. The number of pyridine rings is 1. The number of alkyl halides is 1. The van der Waals surface area contributed by atoms with Crippen molar-refractivity contribution in [3.63, 3.8) is 0 Å². The number of H-pyrrole nitrogens is 1. The van der Waals surface area contributed by atoms with Gasteiger partial charge in [-0.3, -0.25) is 9.36 Å². The number of aromatic nitrogens is 3. The molecule has 0 saturated carbocycles. The second kappa shape index (κ2) is 6.33. The first-order valence-corrected chi connectivity index (χ1v) is 8.26. The fraction of sp³-hybridized carbons (Fsp3) is 0.333. The molecule has 25 heavy (non-hydrogen) atoms. The maximum Gasteiger partial charge on any atom is 0.257 e. The molecular formula is C18H19FN4O2. The molecule has 1 saturated heterocycles. The van der Waals surface area contributed by atoms with Crippen molar-refractivity contribution >= 4 is 16.7 Å². The lowest BCUT2D eigenvalue weighted by atomic mass is 10.1. The first-order valence-electron chi connectivity index (χ1n) is 8.26. The summed E-state index contributed by atoms with van der Waals surface area (Å²) in [6.07, 6.45) is 1.30. The minimum atomic E-state index is -0.483. The molecule has 1 N–H and O–H groups in total. The summed E-state index contributed by atoms with van der Waals surface area (Å²) in [6, 6.07) is 9.02. The van der Waals surface area contributed by atoms with Gasteiger partial charge in [-0.25, -0.2) is 9.37 Å². The van der Waals surface area contributed by atoms with E-state index in [1.807, 2.05) is 19.1 Å². The van der Waals surface area contributed by atoms with Crippen molar-refractivity contribution in [3.8, 4) is 5.95 Å². The highest BCUT2D eigenvalue weighted by Gasteiger charge is 2.21. The Morgan fingerprint density at radius 2 is 2.28 bits per heavy atom. The van der Waals surface area contributed by atoms with E-state index in [1.165, 1.54) is 10.6 Å². The Kier molecular flexibility index (Phi) is 4.01. The highest BCUT2D eigenvalue weighted by Crippen LogP contribution is 2.26. The summed E-state index contributed by atoms with van der Waals surface area (Å²) in [5.41, 5.74) is 3.54. The van der Waals surface area contributed by atoms with Gasteiger partial charge in [0, 0.05) is 31.0 Å². The second-order valence-corrected chi connectivity index (χ2v) is 6.22. The van der Waals surface area contributed by atoms with Gasteiger partial charge >= 0.3 is 0 Å². The molecule has 0 radical (unpaired) electrons. The molecule has 0 aliphatic carbocycles. The van der Waals surface area contributed by atoms with E-state index in [-0.39, 0.29) is 11.7 Å². The summed E-state index contributed by atoms with van der Waals surface area (Å²) in [6.45, 7) is 3.26. The van der Waals surface area contributed by atoms with Crippen LogP contribution in [-0.4, -0.2) is 47.0 Å². The van der Waals surface area contributed by atoms with Crippen LogP contribution in [-0.2, 0) is 4.74 Å². The third-order valence-corrected chi connectivity index (χ3v) is 4.48. The molecule has 1 aromatic carbocycles. The van der Waals surface area contributed by atoms with Crippen LogP contribution in [0.25, 0.3) is 17.0 Å². The van der Waals surface area contributed by atoms with Crippen LogP contribution in [0, 0.1) is 6.92 Å². The number of rotatable bonds is 3. The van der Waals surface area contributed by atoms with E-state index in [4.69, 9.17) is 4.74 Å². The van der Waals surface area contributed by atoms with E-state index in [0.29, 0.717) is 19.1 Å². The van der Waals surface area contributed by atoms with E-state index in [2.05, 4.69) is 14.9 Å². The maximum atomic E-state index is 12.9. The quantitative estimate of drug-likeness (QED) is 0.793. The summed E-state index contributed by atoms with van der Waals surface area (Å²) in [4.78, 5) is 21.9. The van der Waals surface area contributed by atoms with Gasteiger partial charge in [0.05, 0.1) is 17.6 Å². The third-order valence-electron chi connectivity index (χ3n) is 4.48. The number of aryl methyl sites for hydroxylation is 1. The van der Waals surface area contributed by atoms with Crippen LogP contribution in [0.5, 0.6) is 0 Å². The van der Waals surface area contributed by atoms with Crippen molar-refractivity contribution in [1.29, 1.82) is 0 Å². The molecule has 130 valence electrons. The molecule has 3 heterocycles. The van der Waals surface area contributed by atoms with Crippen LogP contribution in [0.1, 0.15) is 5.56 Å². The van der Waals surface area contributed by atoms with E-state index in [0.717, 1.165) is 28.8 Å². The van der Waals surface area contributed by atoms with Crippen LogP contribution < -0.4 is 10.5 Å². The number of nitrogens with zero attached hydrogens (tertiary/aromatic N) is 3. The molecule has 4 rings (SSSR count). The van der Waals surface area contributed by atoms with E-state index >= 15 is 0 Å². The lowest BCUT2D eigenvalue weighted by Gasteiger charge is -2.33. The molecule has 1 atom stereocenters. The number of halogens is 1. The van der Waals surface area contributed by atoms with Gasteiger partial charge in [-0.2, -0.15) is 0 Å². The van der Waals surface area contributed by atoms with Crippen molar-refractivity contribution in [2.24, 2.45) is 0 Å². The minimum absolute atomic E-state index is 0.140. The predicted octanol–water partition coefficient (Wildman–Crippen LogP) is 2.20. The molecule has 7 heteroatoms. The topological polar surface area (TPSA) is 63.1 Å². The average Bonchev–Trinajstić information content (AvgIpc) is 3.06. The van der Waals surface area contributed by atoms with Gasteiger partial charge < -0.3 is 14.6 Å². The second-order valence-electron chi connectivity index (χ2n) is 6.22. The van der Waals surface area contributed by atoms with Crippen molar-refractivity contribution in [3.05, 3.63) is 52.4 Å². The van der Waals surface area contributed by atoms with Crippen LogP contribution >= 0.6 is 0 Å². The summed E-state index contributed by atoms with van der Waals surface area (Å²) >= 11 is 0. The van der Waals surface area contributed by atoms with Gasteiger partial charge in [0.1, 0.15) is 12.8 Å². The Morgan fingerprint density at radius 3 is 3.08 bits per heavy atom. The van der Waals surface area contributed by atoms with Crippen molar-refractivity contribution in [1.82, 2.24) is 14.5 Å². The molecule has 6 nitrogen and oxygen atoms in total. The van der Waals surface area contributed by atoms with Crippen molar-refractivity contribution in [2.45, 2.75) is 13.0 Å². The highest BCUT2D eigenvalue weighted by atomic mass is 19.1. The van der Waals surface area contributed by atoms with Crippen LogP contribution in [0.3, 0.4) is 0 Å². The Hall–Kier alpha value is -2.67. The number of morpholine rings is 1. The van der Waals surface area contributed by atoms with Gasteiger partial charge in [0.15, 0.2) is 0 Å². The number of imidazole rings is 1. The summed E-state index contributed by atoms with van der Waals surface area (Å²) < 4.78 is 19.8. The number of hydrogen-bond donors (Lipinski definition) is 1. The average molecular weight is 342 g/mol. The number of anilines is 1. The molecule has 1 fully saturated rings. The van der Waals surface area contributed by atoms with E-state index in [9.17, 15) is 9.18 Å². The predicted molar refractivity (Wildman–Crippen MR) is 94.4 cm³/mol. The lowest BCUT2D eigenvalue weighted by Crippen LogP contribution is -2.43. The number of aromatic amines is 1. The molecular weight excluding hydrogens is 323 g/mol. The third kappa shape index (κ3) is 2.91. The molecule has 2 aromatic heterocycles. The minimum Gasteiger partial charge on any atom is -0.372 e. The molecule has 1 aliphatic rings. The Bertz CT molecular complexity index is 965. The fourth-order valence-electron chi connectivity index (χ4n) is 3.20. The molecule has 0 spiro atoms. The Morgan fingerprint density at radius 1 is 1.40 bits per heavy atom. The van der Waals surface area contributed by atoms with Crippen molar-refractivity contribution < 1.29 is 9.13 Å². The van der Waals surface area contributed by atoms with Gasteiger partial charge in [0.2, 0.25) is 5.95 Å². The number of fused-ring (bicyclic) bond motifs is 1. The highest BCUT2D eigenvalue weighted by molar-refractivity contribution is 5.84. The molecule has 3 aromatic rings. The van der Waals surface area contributed by atoms with Gasteiger partial charge in [-0.1, -0.05) is 6.07 Å². The van der Waals surface area contributed by atoms with E-state index in [1.54, 1.807) is 18.3 Å². The fourth-order valence-corrected chi connectivity index (χ4v) is 3.20. The van der Waals surface area contributed by atoms with Crippen molar-refractivity contribution in [2.75, 3.05) is 31.3 Å². The molecule has 1 aliphatic heterocycles. The zero-order valence-corrected chi connectivity index (χ0v) is 13.9. The van der Waals surface area contributed by atoms with E-state index < -0.39 is 6.67 Å².